The van der Waals surface area contributed by atoms with Crippen LogP contribution in [0.15, 0.2) is 41.3 Å². The molecule has 2 aromatic carbocycles. The van der Waals surface area contributed by atoms with Crippen LogP contribution in [0.3, 0.4) is 0 Å². The fraction of sp³-hybridized carbons (Fsp3) is 0.500. The number of Topliss-reactive ketones (excluding diaryl/α,β-unsaturated/α-hetero) is 1. The van der Waals surface area contributed by atoms with E-state index in [1.165, 1.54) is 47.4 Å². The van der Waals surface area contributed by atoms with E-state index < -0.39 is 0 Å². The third-order valence-electron chi connectivity index (χ3n) is 7.35. The van der Waals surface area contributed by atoms with Crippen LogP contribution >= 0.6 is 11.8 Å². The Labute approximate surface area is 189 Å². The van der Waals surface area contributed by atoms with E-state index in [0.717, 1.165) is 26.1 Å². The monoisotopic (exact) mass is 438 g/mol. The third kappa shape index (κ3) is 3.91. The molecule has 3 atom stereocenters. The van der Waals surface area contributed by atoms with Crippen molar-refractivity contribution in [2.24, 2.45) is 5.92 Å². The molecule has 164 valence electrons. The highest BCUT2D eigenvalue weighted by Gasteiger charge is 2.43. The van der Waals surface area contributed by atoms with Crippen LogP contribution in [0.2, 0.25) is 0 Å². The largest absolute Gasteiger partial charge is 0.367 e. The minimum Gasteiger partial charge on any atom is -0.367 e. The summed E-state index contributed by atoms with van der Waals surface area (Å²) in [4.78, 5) is 19.6. The van der Waals surface area contributed by atoms with Gasteiger partial charge in [0, 0.05) is 48.0 Å². The minimum atomic E-state index is -0.251. The van der Waals surface area contributed by atoms with Gasteiger partial charge in [-0.05, 0) is 73.9 Å². The smallest absolute Gasteiger partial charge is 0.165 e. The van der Waals surface area contributed by atoms with Crippen molar-refractivity contribution in [1.82, 2.24) is 4.90 Å². The number of likely N-dealkylation sites (tertiary alicyclic amines) is 1. The Morgan fingerprint density at radius 3 is 2.97 bits per heavy atom. The lowest BCUT2D eigenvalue weighted by atomic mass is 9.88. The van der Waals surface area contributed by atoms with E-state index in [1.807, 2.05) is 18.7 Å². The highest BCUT2D eigenvalue weighted by Crippen LogP contribution is 2.50. The molecule has 0 amide bonds. The molecule has 1 fully saturated rings. The molecule has 0 spiro atoms. The fourth-order valence-electron chi connectivity index (χ4n) is 5.60. The second kappa shape index (κ2) is 8.59. The van der Waals surface area contributed by atoms with Gasteiger partial charge >= 0.3 is 0 Å². The number of fused-ring (bicyclic) bond motifs is 3. The number of ketones is 1. The zero-order chi connectivity index (χ0) is 21.5. The Balaban J connectivity index is 1.24. The molecule has 2 aromatic rings. The summed E-state index contributed by atoms with van der Waals surface area (Å²) in [7, 11) is 0. The Morgan fingerprint density at radius 1 is 1.26 bits per heavy atom. The van der Waals surface area contributed by atoms with Crippen LogP contribution in [-0.4, -0.2) is 48.7 Å². The van der Waals surface area contributed by atoms with Crippen LogP contribution in [0, 0.1) is 18.7 Å². The van der Waals surface area contributed by atoms with Gasteiger partial charge in [0.25, 0.3) is 0 Å². The lowest BCUT2D eigenvalue weighted by molar-refractivity contribution is 0.0907. The van der Waals surface area contributed by atoms with Gasteiger partial charge in [-0.3, -0.25) is 4.79 Å². The summed E-state index contributed by atoms with van der Waals surface area (Å²) in [5.74, 6) is 1.62. The first-order valence-corrected chi connectivity index (χ1v) is 12.6. The zero-order valence-corrected chi connectivity index (χ0v) is 19.3. The minimum absolute atomic E-state index is 0.0523. The van der Waals surface area contributed by atoms with Gasteiger partial charge in [-0.15, -0.1) is 11.8 Å². The molecule has 31 heavy (non-hydrogen) atoms. The lowest BCUT2D eigenvalue weighted by Gasteiger charge is -2.39. The average Bonchev–Trinajstić information content (AvgIpc) is 2.93. The number of thioether (sulfide) groups is 1. The Hall–Kier alpha value is -1.85. The van der Waals surface area contributed by atoms with E-state index in [4.69, 9.17) is 0 Å². The molecular weight excluding hydrogens is 407 g/mol. The van der Waals surface area contributed by atoms with E-state index in [2.05, 4.69) is 28.0 Å². The SMILES string of the molecule is Cc1cc(C(=O)C(C)CCN2CCC3C(C2)c2cccc4c2N3CCCS4)ccc1F. The number of anilines is 1. The number of benzene rings is 2. The van der Waals surface area contributed by atoms with Gasteiger partial charge in [0.05, 0.1) is 5.69 Å². The number of halogens is 1. The summed E-state index contributed by atoms with van der Waals surface area (Å²) in [6.45, 7) is 8.03. The van der Waals surface area contributed by atoms with Crippen LogP contribution in [0.1, 0.15) is 53.6 Å². The van der Waals surface area contributed by atoms with Crippen molar-refractivity contribution in [3.8, 4) is 0 Å². The van der Waals surface area contributed by atoms with E-state index >= 15 is 0 Å². The summed E-state index contributed by atoms with van der Waals surface area (Å²) in [5, 5.41) is 0. The van der Waals surface area contributed by atoms with Crippen molar-refractivity contribution < 1.29 is 9.18 Å². The van der Waals surface area contributed by atoms with E-state index in [9.17, 15) is 9.18 Å². The molecule has 0 aromatic heterocycles. The predicted octanol–water partition coefficient (Wildman–Crippen LogP) is 5.52. The molecule has 0 aliphatic carbocycles. The Morgan fingerprint density at radius 2 is 2.13 bits per heavy atom. The number of hydrogen-bond acceptors (Lipinski definition) is 4. The second-order valence-electron chi connectivity index (χ2n) is 9.37. The molecule has 0 bridgehead atoms. The Bertz CT molecular complexity index is 993. The van der Waals surface area contributed by atoms with Gasteiger partial charge in [0.2, 0.25) is 0 Å². The first-order chi connectivity index (χ1) is 15.0. The maximum Gasteiger partial charge on any atom is 0.165 e. The molecule has 0 N–H and O–H groups in total. The second-order valence-corrected chi connectivity index (χ2v) is 10.5. The van der Waals surface area contributed by atoms with E-state index in [0.29, 0.717) is 23.1 Å². The molecule has 3 aliphatic heterocycles. The lowest BCUT2D eigenvalue weighted by Crippen LogP contribution is -2.47. The van der Waals surface area contributed by atoms with E-state index in [-0.39, 0.29) is 17.5 Å². The quantitative estimate of drug-likeness (QED) is 0.574. The van der Waals surface area contributed by atoms with Crippen molar-refractivity contribution in [1.29, 1.82) is 0 Å². The fourth-order valence-corrected chi connectivity index (χ4v) is 6.64. The number of rotatable bonds is 5. The predicted molar refractivity (Wildman–Crippen MR) is 126 cm³/mol. The normalized spacial score (nSPS) is 23.8. The number of carbonyl (C=O) groups is 1. The summed E-state index contributed by atoms with van der Waals surface area (Å²) in [6, 6.07) is 12.2. The number of para-hydroxylation sites is 1. The number of aryl methyl sites for hydroxylation is 1. The number of piperidine rings is 1. The summed E-state index contributed by atoms with van der Waals surface area (Å²) >= 11 is 2.01. The molecular formula is C26H31FN2OS. The first kappa shape index (κ1) is 21.0. The van der Waals surface area contributed by atoms with Crippen molar-refractivity contribution >= 4 is 23.2 Å². The standard InChI is InChI=1S/C26H31FN2OS/c1-17(26(30)19-7-8-22(27)18(2)15-19)9-12-28-13-10-23-21(16-28)20-5-3-6-24-25(20)29(23)11-4-14-31-24/h3,5-8,15,17,21,23H,4,9-14,16H2,1-2H3. The zero-order valence-electron chi connectivity index (χ0n) is 18.4. The maximum absolute atomic E-state index is 13.5. The topological polar surface area (TPSA) is 23.6 Å². The van der Waals surface area contributed by atoms with Crippen molar-refractivity contribution in [3.05, 3.63) is 58.9 Å². The highest BCUT2D eigenvalue weighted by atomic mass is 32.2. The molecule has 0 saturated carbocycles. The van der Waals surface area contributed by atoms with Gasteiger partial charge in [0.15, 0.2) is 5.78 Å². The molecule has 5 heteroatoms. The van der Waals surface area contributed by atoms with Crippen LogP contribution in [-0.2, 0) is 0 Å². The molecule has 3 nitrogen and oxygen atoms in total. The average molecular weight is 439 g/mol. The summed E-state index contributed by atoms with van der Waals surface area (Å²) in [6.07, 6.45) is 3.30. The molecule has 3 aliphatic rings. The molecule has 3 unspecified atom stereocenters. The number of hydrogen-bond donors (Lipinski definition) is 0. The van der Waals surface area contributed by atoms with Gasteiger partial charge in [-0.25, -0.2) is 4.39 Å². The highest BCUT2D eigenvalue weighted by molar-refractivity contribution is 7.99. The number of carbonyl (C=O) groups excluding carboxylic acids is 1. The van der Waals surface area contributed by atoms with Gasteiger partial charge < -0.3 is 9.80 Å². The van der Waals surface area contributed by atoms with Crippen LogP contribution in [0.25, 0.3) is 0 Å². The molecule has 1 saturated heterocycles. The third-order valence-corrected chi connectivity index (χ3v) is 8.48. The van der Waals surface area contributed by atoms with Gasteiger partial charge in [-0.2, -0.15) is 0 Å². The van der Waals surface area contributed by atoms with Crippen LogP contribution < -0.4 is 4.90 Å². The van der Waals surface area contributed by atoms with Crippen molar-refractivity contribution in [2.75, 3.05) is 36.8 Å². The molecule has 0 radical (unpaired) electrons. The number of nitrogens with zero attached hydrogens (tertiary/aromatic N) is 2. The van der Waals surface area contributed by atoms with Crippen LogP contribution in [0.5, 0.6) is 0 Å². The van der Waals surface area contributed by atoms with E-state index in [1.54, 1.807) is 19.1 Å². The van der Waals surface area contributed by atoms with Crippen molar-refractivity contribution in [3.63, 3.8) is 0 Å². The van der Waals surface area contributed by atoms with Gasteiger partial charge in [-0.1, -0.05) is 19.1 Å². The summed E-state index contributed by atoms with van der Waals surface area (Å²) < 4.78 is 13.5. The maximum atomic E-state index is 13.5. The van der Waals surface area contributed by atoms with Crippen LogP contribution in [0.4, 0.5) is 10.1 Å². The Kier molecular flexibility index (Phi) is 5.82. The van der Waals surface area contributed by atoms with Crippen molar-refractivity contribution in [2.45, 2.75) is 50.0 Å². The van der Waals surface area contributed by atoms with Gasteiger partial charge in [0.1, 0.15) is 5.82 Å². The molecule has 5 rings (SSSR count). The summed E-state index contributed by atoms with van der Waals surface area (Å²) in [5.41, 5.74) is 4.21. The first-order valence-electron chi connectivity index (χ1n) is 11.6. The molecule has 3 heterocycles.